The molecule has 2 aromatic rings. The van der Waals surface area contributed by atoms with E-state index >= 15 is 0 Å². The number of aryl methyl sites for hydroxylation is 1. The molecule has 8 heteroatoms. The maximum absolute atomic E-state index is 12.2. The summed E-state index contributed by atoms with van der Waals surface area (Å²) >= 11 is 1.15. The summed E-state index contributed by atoms with van der Waals surface area (Å²) in [5, 5.41) is 3.04. The van der Waals surface area contributed by atoms with Crippen LogP contribution >= 0.6 is 11.3 Å². The van der Waals surface area contributed by atoms with Crippen molar-refractivity contribution in [3.8, 4) is 0 Å². The molecule has 1 heterocycles. The molecule has 2 N–H and O–H groups in total. The van der Waals surface area contributed by atoms with Gasteiger partial charge in [-0.1, -0.05) is 18.2 Å². The van der Waals surface area contributed by atoms with Crippen molar-refractivity contribution in [1.82, 2.24) is 10.3 Å². The van der Waals surface area contributed by atoms with Gasteiger partial charge in [-0.2, -0.15) is 0 Å². The fraction of sp³-hybridized carbons (Fsp3) is 0.286. The Labute approximate surface area is 132 Å². The lowest BCUT2D eigenvalue weighted by Crippen LogP contribution is -2.26. The van der Waals surface area contributed by atoms with Crippen LogP contribution in [-0.4, -0.2) is 25.4 Å². The second kappa shape index (κ2) is 5.69. The van der Waals surface area contributed by atoms with Gasteiger partial charge < -0.3 is 5.32 Å². The molecule has 0 spiro atoms. The minimum atomic E-state index is -3.69. The number of amides is 1. The minimum Gasteiger partial charge on any atom is -0.348 e. The average Bonchev–Trinajstić information content (AvgIpc) is 3.21. The summed E-state index contributed by atoms with van der Waals surface area (Å²) < 4.78 is 26.9. The predicted molar refractivity (Wildman–Crippen MR) is 84.6 cm³/mol. The molecule has 0 radical (unpaired) electrons. The number of aromatic nitrogens is 1. The van der Waals surface area contributed by atoms with Crippen molar-refractivity contribution in [3.05, 3.63) is 40.9 Å². The highest BCUT2D eigenvalue weighted by molar-refractivity contribution is 7.93. The third-order valence-electron chi connectivity index (χ3n) is 3.20. The predicted octanol–water partition coefficient (Wildman–Crippen LogP) is 2.14. The number of thiazole rings is 1. The zero-order chi connectivity index (χ0) is 15.7. The van der Waals surface area contributed by atoms with E-state index in [2.05, 4.69) is 15.0 Å². The van der Waals surface area contributed by atoms with Crippen molar-refractivity contribution in [1.29, 1.82) is 0 Å². The summed E-state index contributed by atoms with van der Waals surface area (Å²) in [6, 6.07) is 8.28. The van der Waals surface area contributed by atoms with Crippen LogP contribution in [-0.2, 0) is 10.0 Å². The summed E-state index contributed by atoms with van der Waals surface area (Å²) in [4.78, 5) is 17.0. The first kappa shape index (κ1) is 15.0. The number of nitrogens with one attached hydrogen (secondary N) is 2. The van der Waals surface area contributed by atoms with Crippen molar-refractivity contribution in [2.24, 2.45) is 0 Å². The zero-order valence-corrected chi connectivity index (χ0v) is 13.5. The minimum absolute atomic E-state index is 0.159. The van der Waals surface area contributed by atoms with E-state index in [-0.39, 0.29) is 27.7 Å². The van der Waals surface area contributed by atoms with Gasteiger partial charge in [0, 0.05) is 10.9 Å². The van der Waals surface area contributed by atoms with Crippen LogP contribution in [0.4, 0.5) is 5.13 Å². The summed E-state index contributed by atoms with van der Waals surface area (Å²) in [5.41, 5.74) is 0.280. The molecule has 22 heavy (non-hydrogen) atoms. The Bertz CT molecular complexity index is 796. The first-order valence-electron chi connectivity index (χ1n) is 6.82. The standard InChI is InChI=1S/C14H15N3O3S2/c1-9-12(13(18)15-10-7-8-10)16-14(21-9)17-22(19,20)11-5-3-2-4-6-11/h2-6,10H,7-8H2,1H3,(H,15,18)(H,16,17). The third-order valence-corrected chi connectivity index (χ3v) is 5.57. The normalized spacial score (nSPS) is 14.6. The summed E-state index contributed by atoms with van der Waals surface area (Å²) in [6.45, 7) is 1.75. The van der Waals surface area contributed by atoms with Gasteiger partial charge in [-0.3, -0.25) is 9.52 Å². The zero-order valence-electron chi connectivity index (χ0n) is 11.9. The molecule has 1 aromatic heterocycles. The highest BCUT2D eigenvalue weighted by atomic mass is 32.2. The molecule has 0 aliphatic heterocycles. The Morgan fingerprint density at radius 2 is 1.95 bits per heavy atom. The summed E-state index contributed by atoms with van der Waals surface area (Å²) in [7, 11) is -3.69. The van der Waals surface area contributed by atoms with E-state index in [0.29, 0.717) is 4.88 Å². The van der Waals surface area contributed by atoms with Crippen LogP contribution < -0.4 is 10.0 Å². The van der Waals surface area contributed by atoms with Gasteiger partial charge in [-0.05, 0) is 31.9 Å². The largest absolute Gasteiger partial charge is 0.348 e. The molecule has 116 valence electrons. The second-order valence-corrected chi connectivity index (χ2v) is 7.98. The van der Waals surface area contributed by atoms with Crippen LogP contribution in [0.15, 0.2) is 35.2 Å². The highest BCUT2D eigenvalue weighted by Gasteiger charge is 2.26. The molecule has 0 atom stereocenters. The number of carbonyl (C=O) groups excluding carboxylic acids is 1. The average molecular weight is 337 g/mol. The first-order chi connectivity index (χ1) is 10.5. The van der Waals surface area contributed by atoms with Gasteiger partial charge in [-0.15, -0.1) is 11.3 Å². The van der Waals surface area contributed by atoms with Crippen molar-refractivity contribution >= 4 is 32.4 Å². The molecule has 1 aliphatic carbocycles. The lowest BCUT2D eigenvalue weighted by Gasteiger charge is -2.04. The topological polar surface area (TPSA) is 88.2 Å². The van der Waals surface area contributed by atoms with Gasteiger partial charge in [-0.25, -0.2) is 13.4 Å². The monoisotopic (exact) mass is 337 g/mol. The molecule has 1 aliphatic rings. The van der Waals surface area contributed by atoms with Crippen molar-refractivity contribution < 1.29 is 13.2 Å². The Morgan fingerprint density at radius 1 is 1.27 bits per heavy atom. The molecule has 0 bridgehead atoms. The van der Waals surface area contributed by atoms with Crippen molar-refractivity contribution in [2.45, 2.75) is 30.7 Å². The number of hydrogen-bond donors (Lipinski definition) is 2. The molecule has 1 fully saturated rings. The third kappa shape index (κ3) is 3.28. The molecule has 0 saturated heterocycles. The molecule has 0 unspecified atom stereocenters. The lowest BCUT2D eigenvalue weighted by atomic mass is 10.3. The van der Waals surface area contributed by atoms with Crippen LogP contribution in [0.3, 0.4) is 0 Å². The number of sulfonamides is 1. The van der Waals surface area contributed by atoms with E-state index in [1.54, 1.807) is 25.1 Å². The van der Waals surface area contributed by atoms with E-state index in [1.165, 1.54) is 12.1 Å². The highest BCUT2D eigenvalue weighted by Crippen LogP contribution is 2.26. The molecule has 1 amide bonds. The molecule has 3 rings (SSSR count). The van der Waals surface area contributed by atoms with E-state index in [1.807, 2.05) is 0 Å². The first-order valence-corrected chi connectivity index (χ1v) is 9.12. The van der Waals surface area contributed by atoms with Gasteiger partial charge in [0.15, 0.2) is 5.13 Å². The number of rotatable bonds is 5. The molecular weight excluding hydrogens is 322 g/mol. The van der Waals surface area contributed by atoms with Gasteiger partial charge in [0.1, 0.15) is 5.69 Å². The van der Waals surface area contributed by atoms with Crippen molar-refractivity contribution in [3.63, 3.8) is 0 Å². The van der Waals surface area contributed by atoms with Gasteiger partial charge in [0.05, 0.1) is 4.90 Å². The Balaban J connectivity index is 1.80. The molecule has 1 aromatic carbocycles. The van der Waals surface area contributed by atoms with Gasteiger partial charge in [0.25, 0.3) is 15.9 Å². The van der Waals surface area contributed by atoms with Crippen LogP contribution in [0.25, 0.3) is 0 Å². The SMILES string of the molecule is Cc1sc(NS(=O)(=O)c2ccccc2)nc1C(=O)NC1CC1. The van der Waals surface area contributed by atoms with Gasteiger partial charge >= 0.3 is 0 Å². The second-order valence-electron chi connectivity index (χ2n) is 5.09. The van der Waals surface area contributed by atoms with Gasteiger partial charge in [0.2, 0.25) is 0 Å². The summed E-state index contributed by atoms with van der Waals surface area (Å²) in [5.74, 6) is -0.249. The molecule has 6 nitrogen and oxygen atoms in total. The number of hydrogen-bond acceptors (Lipinski definition) is 5. The maximum Gasteiger partial charge on any atom is 0.271 e. The number of anilines is 1. The van der Waals surface area contributed by atoms with Crippen LogP contribution in [0.2, 0.25) is 0 Å². The number of nitrogens with zero attached hydrogens (tertiary/aromatic N) is 1. The Hall–Kier alpha value is -1.93. The Morgan fingerprint density at radius 3 is 2.59 bits per heavy atom. The lowest BCUT2D eigenvalue weighted by molar-refractivity contribution is 0.0946. The Kier molecular flexibility index (Phi) is 3.88. The van der Waals surface area contributed by atoms with E-state index in [0.717, 1.165) is 24.2 Å². The van der Waals surface area contributed by atoms with Crippen LogP contribution in [0, 0.1) is 6.92 Å². The summed E-state index contributed by atoms with van der Waals surface area (Å²) in [6.07, 6.45) is 1.98. The van der Waals surface area contributed by atoms with Crippen molar-refractivity contribution in [2.75, 3.05) is 4.72 Å². The molecular formula is C14H15N3O3S2. The number of carbonyl (C=O) groups is 1. The smallest absolute Gasteiger partial charge is 0.271 e. The van der Waals surface area contributed by atoms with E-state index < -0.39 is 10.0 Å². The fourth-order valence-electron chi connectivity index (χ4n) is 1.91. The number of benzene rings is 1. The van der Waals surface area contributed by atoms with Crippen LogP contribution in [0.5, 0.6) is 0 Å². The maximum atomic E-state index is 12.2. The van der Waals surface area contributed by atoms with E-state index in [4.69, 9.17) is 0 Å². The van der Waals surface area contributed by atoms with E-state index in [9.17, 15) is 13.2 Å². The molecule has 1 saturated carbocycles. The quantitative estimate of drug-likeness (QED) is 0.875. The fourth-order valence-corrected chi connectivity index (χ4v) is 3.97. The van der Waals surface area contributed by atoms with Crippen LogP contribution in [0.1, 0.15) is 28.2 Å².